The molecule has 13 heavy (non-hydrogen) atoms. The smallest absolute Gasteiger partial charge is 0.226 e. The van der Waals surface area contributed by atoms with Gasteiger partial charge in [0.1, 0.15) is 0 Å². The number of halogens is 1. The second-order valence-electron chi connectivity index (χ2n) is 2.47. The Labute approximate surface area is 75.6 Å². The number of ketones is 1. The molecular formula is C9H10FNO2. The zero-order valence-electron chi connectivity index (χ0n) is 7.50. The van der Waals surface area contributed by atoms with Crippen LogP contribution in [-0.4, -0.2) is 17.9 Å². The second kappa shape index (κ2) is 3.98. The van der Waals surface area contributed by atoms with Crippen LogP contribution in [0.4, 0.5) is 4.39 Å². The number of rotatable bonds is 3. The fraction of sp³-hybridized carbons (Fsp3) is 0.333. The topological polar surface area (TPSA) is 39.2 Å². The molecule has 0 radical (unpaired) electrons. The van der Waals surface area contributed by atoms with Gasteiger partial charge in [-0.05, 0) is 12.1 Å². The predicted molar refractivity (Wildman–Crippen MR) is 45.4 cm³/mol. The molecular weight excluding hydrogens is 173 g/mol. The maximum absolute atomic E-state index is 12.6. The lowest BCUT2D eigenvalue weighted by Gasteiger charge is -2.04. The molecule has 0 saturated heterocycles. The van der Waals surface area contributed by atoms with Gasteiger partial charge in [-0.3, -0.25) is 4.79 Å². The van der Waals surface area contributed by atoms with Gasteiger partial charge in [0, 0.05) is 6.42 Å². The van der Waals surface area contributed by atoms with Crippen molar-refractivity contribution in [1.82, 2.24) is 4.98 Å². The Morgan fingerprint density at radius 1 is 1.62 bits per heavy atom. The maximum atomic E-state index is 12.6. The van der Waals surface area contributed by atoms with Crippen LogP contribution in [0.2, 0.25) is 0 Å². The van der Waals surface area contributed by atoms with Gasteiger partial charge in [0.25, 0.3) is 0 Å². The Morgan fingerprint density at radius 3 is 2.85 bits per heavy atom. The average molecular weight is 183 g/mol. The second-order valence-corrected chi connectivity index (χ2v) is 2.47. The molecule has 0 bridgehead atoms. The number of Topliss-reactive ketones (excluding diaryl/α,β-unsaturated/α-hetero) is 1. The van der Waals surface area contributed by atoms with Crippen molar-refractivity contribution in [3.05, 3.63) is 23.6 Å². The summed E-state index contributed by atoms with van der Waals surface area (Å²) in [4.78, 5) is 14.7. The highest BCUT2D eigenvalue weighted by molar-refractivity contribution is 5.97. The van der Waals surface area contributed by atoms with Crippen LogP contribution in [0.25, 0.3) is 0 Å². The molecule has 0 unspecified atom stereocenters. The Hall–Kier alpha value is -1.45. The molecule has 70 valence electrons. The van der Waals surface area contributed by atoms with Crippen molar-refractivity contribution in [2.75, 3.05) is 7.11 Å². The van der Waals surface area contributed by atoms with Crippen molar-refractivity contribution in [2.24, 2.45) is 0 Å². The third-order valence-corrected chi connectivity index (χ3v) is 1.64. The van der Waals surface area contributed by atoms with Gasteiger partial charge in [0.05, 0.1) is 12.7 Å². The summed E-state index contributed by atoms with van der Waals surface area (Å²) in [5, 5.41) is 0. The van der Waals surface area contributed by atoms with E-state index in [0.717, 1.165) is 6.07 Å². The van der Waals surface area contributed by atoms with Crippen LogP contribution in [0.15, 0.2) is 12.1 Å². The fourth-order valence-electron chi connectivity index (χ4n) is 0.976. The van der Waals surface area contributed by atoms with Gasteiger partial charge < -0.3 is 4.74 Å². The van der Waals surface area contributed by atoms with Gasteiger partial charge in [-0.2, -0.15) is 9.37 Å². The number of carbonyl (C=O) groups excluding carboxylic acids is 1. The average Bonchev–Trinajstić information content (AvgIpc) is 2.16. The van der Waals surface area contributed by atoms with E-state index >= 15 is 0 Å². The van der Waals surface area contributed by atoms with Crippen LogP contribution in [-0.2, 0) is 0 Å². The molecule has 0 aliphatic heterocycles. The van der Waals surface area contributed by atoms with E-state index in [4.69, 9.17) is 4.74 Å². The first-order valence-corrected chi connectivity index (χ1v) is 3.92. The summed E-state index contributed by atoms with van der Waals surface area (Å²) in [7, 11) is 1.36. The van der Waals surface area contributed by atoms with E-state index in [-0.39, 0.29) is 11.7 Å². The predicted octanol–water partition coefficient (Wildman–Crippen LogP) is 1.82. The molecule has 3 nitrogen and oxygen atoms in total. The van der Waals surface area contributed by atoms with Crippen molar-refractivity contribution in [3.8, 4) is 5.88 Å². The number of hydrogen-bond acceptors (Lipinski definition) is 3. The summed E-state index contributed by atoms with van der Waals surface area (Å²) in [5.41, 5.74) is 0.325. The number of nitrogens with zero attached hydrogens (tertiary/aromatic N) is 1. The van der Waals surface area contributed by atoms with Gasteiger partial charge in [-0.25, -0.2) is 0 Å². The summed E-state index contributed by atoms with van der Waals surface area (Å²) in [5.74, 6) is -0.708. The number of carbonyl (C=O) groups is 1. The van der Waals surface area contributed by atoms with E-state index < -0.39 is 5.95 Å². The maximum Gasteiger partial charge on any atom is 0.226 e. The molecule has 0 aliphatic rings. The Balaban J connectivity index is 3.13. The summed E-state index contributed by atoms with van der Waals surface area (Å²) >= 11 is 0. The first-order chi connectivity index (χ1) is 6.19. The normalized spacial score (nSPS) is 9.77. The van der Waals surface area contributed by atoms with Gasteiger partial charge in [0.15, 0.2) is 5.78 Å². The monoisotopic (exact) mass is 183 g/mol. The van der Waals surface area contributed by atoms with Gasteiger partial charge in [-0.15, -0.1) is 0 Å². The molecule has 1 aromatic rings. The van der Waals surface area contributed by atoms with Crippen molar-refractivity contribution >= 4 is 5.78 Å². The van der Waals surface area contributed by atoms with Gasteiger partial charge >= 0.3 is 0 Å². The molecule has 0 atom stereocenters. The highest BCUT2D eigenvalue weighted by atomic mass is 19.1. The van der Waals surface area contributed by atoms with E-state index in [1.807, 2.05) is 0 Å². The molecule has 0 saturated carbocycles. The summed E-state index contributed by atoms with van der Waals surface area (Å²) in [6.45, 7) is 1.73. The minimum Gasteiger partial charge on any atom is -0.480 e. The summed E-state index contributed by atoms with van der Waals surface area (Å²) in [6, 6.07) is 2.53. The highest BCUT2D eigenvalue weighted by Crippen LogP contribution is 2.16. The molecule has 1 aromatic heterocycles. The molecule has 0 aromatic carbocycles. The van der Waals surface area contributed by atoms with Crippen LogP contribution in [0.1, 0.15) is 23.7 Å². The molecule has 1 heterocycles. The van der Waals surface area contributed by atoms with Crippen LogP contribution >= 0.6 is 0 Å². The minimum atomic E-state index is -0.649. The number of methoxy groups -OCH3 is 1. The van der Waals surface area contributed by atoms with E-state index in [1.54, 1.807) is 6.92 Å². The fourth-order valence-corrected chi connectivity index (χ4v) is 0.976. The van der Waals surface area contributed by atoms with Gasteiger partial charge in [0.2, 0.25) is 11.8 Å². The SMILES string of the molecule is CCC(=O)c1ccc(F)nc1OC. The third-order valence-electron chi connectivity index (χ3n) is 1.64. The number of pyridine rings is 1. The minimum absolute atomic E-state index is 0.0480. The number of hydrogen-bond donors (Lipinski definition) is 0. The molecule has 0 spiro atoms. The van der Waals surface area contributed by atoms with Crippen LogP contribution in [0.3, 0.4) is 0 Å². The van der Waals surface area contributed by atoms with Crippen molar-refractivity contribution < 1.29 is 13.9 Å². The first-order valence-electron chi connectivity index (χ1n) is 3.92. The van der Waals surface area contributed by atoms with Crippen molar-refractivity contribution in [2.45, 2.75) is 13.3 Å². The molecule has 0 aliphatic carbocycles. The number of ether oxygens (including phenoxy) is 1. The van der Waals surface area contributed by atoms with E-state index in [2.05, 4.69) is 4.98 Å². The quantitative estimate of drug-likeness (QED) is 0.530. The number of aromatic nitrogens is 1. The van der Waals surface area contributed by atoms with E-state index in [1.165, 1.54) is 13.2 Å². The zero-order chi connectivity index (χ0) is 9.84. The Bertz CT molecular complexity index is 325. The molecule has 1 rings (SSSR count). The first kappa shape index (κ1) is 9.64. The largest absolute Gasteiger partial charge is 0.480 e. The molecule has 0 fully saturated rings. The lowest BCUT2D eigenvalue weighted by Crippen LogP contribution is -2.03. The summed E-state index contributed by atoms with van der Waals surface area (Å²) in [6.07, 6.45) is 0.351. The van der Waals surface area contributed by atoms with Crippen molar-refractivity contribution in [1.29, 1.82) is 0 Å². The van der Waals surface area contributed by atoms with Crippen LogP contribution in [0.5, 0.6) is 5.88 Å². The highest BCUT2D eigenvalue weighted by Gasteiger charge is 2.11. The standard InChI is InChI=1S/C9H10FNO2/c1-3-7(12)6-4-5-8(10)11-9(6)13-2/h4-5H,3H2,1-2H3. The molecule has 0 amide bonds. The zero-order valence-corrected chi connectivity index (χ0v) is 7.50. The van der Waals surface area contributed by atoms with Crippen LogP contribution in [0, 0.1) is 5.95 Å². The Kier molecular flexibility index (Phi) is 2.95. The van der Waals surface area contributed by atoms with Crippen molar-refractivity contribution in [3.63, 3.8) is 0 Å². The third kappa shape index (κ3) is 2.02. The van der Waals surface area contributed by atoms with E-state index in [9.17, 15) is 9.18 Å². The molecule has 0 N–H and O–H groups in total. The van der Waals surface area contributed by atoms with E-state index in [0.29, 0.717) is 12.0 Å². The molecule has 4 heteroatoms. The summed E-state index contributed by atoms with van der Waals surface area (Å²) < 4.78 is 17.4. The lowest BCUT2D eigenvalue weighted by atomic mass is 10.1. The van der Waals surface area contributed by atoms with Gasteiger partial charge in [-0.1, -0.05) is 6.92 Å². The Morgan fingerprint density at radius 2 is 2.31 bits per heavy atom. The lowest BCUT2D eigenvalue weighted by molar-refractivity contribution is 0.0984. The van der Waals surface area contributed by atoms with Crippen LogP contribution < -0.4 is 4.74 Å².